The Morgan fingerprint density at radius 1 is 0.955 bits per heavy atom. The van der Waals surface area contributed by atoms with Gasteiger partial charge in [0.25, 0.3) is 0 Å². The van der Waals surface area contributed by atoms with Gasteiger partial charge in [-0.05, 0) is 42.5 Å². The Labute approximate surface area is 132 Å². The van der Waals surface area contributed by atoms with Crippen molar-refractivity contribution in [3.8, 4) is 0 Å². The van der Waals surface area contributed by atoms with Crippen LogP contribution in [0.3, 0.4) is 0 Å². The maximum atomic E-state index is 11.9. The number of Topliss-reactive ketones (excluding diaryl/α,β-unsaturated/α-hetero) is 1. The molecule has 1 saturated carbocycles. The van der Waals surface area contributed by atoms with E-state index in [4.69, 9.17) is 0 Å². The van der Waals surface area contributed by atoms with E-state index < -0.39 is 0 Å². The van der Waals surface area contributed by atoms with Gasteiger partial charge in [-0.15, -0.1) is 0 Å². The van der Waals surface area contributed by atoms with Crippen LogP contribution in [0.15, 0.2) is 60.7 Å². The summed E-state index contributed by atoms with van der Waals surface area (Å²) in [6.45, 7) is 3.13. The maximum Gasteiger partial charge on any atom is 0.133 e. The van der Waals surface area contributed by atoms with Gasteiger partial charge in [0.1, 0.15) is 5.78 Å². The number of hydrogen-bond acceptors (Lipinski definition) is 2. The zero-order valence-corrected chi connectivity index (χ0v) is 13.2. The fourth-order valence-corrected chi connectivity index (χ4v) is 3.43. The van der Waals surface area contributed by atoms with E-state index in [1.54, 1.807) is 0 Å². The van der Waals surface area contributed by atoms with Gasteiger partial charge >= 0.3 is 0 Å². The van der Waals surface area contributed by atoms with Crippen molar-refractivity contribution in [3.63, 3.8) is 0 Å². The molecule has 114 valence electrons. The molecule has 0 N–H and O–H groups in total. The fourth-order valence-electron chi connectivity index (χ4n) is 3.43. The number of carbonyl (C=O) groups excluding carboxylic acids is 1. The smallest absolute Gasteiger partial charge is 0.133 e. The Balaban J connectivity index is 1.91. The summed E-state index contributed by atoms with van der Waals surface area (Å²) in [6, 6.07) is 20.9. The van der Waals surface area contributed by atoms with E-state index >= 15 is 0 Å². The lowest BCUT2D eigenvalue weighted by Gasteiger charge is -2.38. The van der Waals surface area contributed by atoms with Gasteiger partial charge in [0.2, 0.25) is 0 Å². The van der Waals surface area contributed by atoms with Gasteiger partial charge in [-0.1, -0.05) is 43.3 Å². The van der Waals surface area contributed by atoms with E-state index in [2.05, 4.69) is 60.4 Å². The lowest BCUT2D eigenvalue weighted by atomic mass is 9.74. The first kappa shape index (κ1) is 14.8. The number of para-hydroxylation sites is 2. The monoisotopic (exact) mass is 293 g/mol. The van der Waals surface area contributed by atoms with Crippen molar-refractivity contribution in [2.75, 3.05) is 11.4 Å². The minimum atomic E-state index is 0.0566. The number of carbonyl (C=O) groups is 1. The summed E-state index contributed by atoms with van der Waals surface area (Å²) in [4.78, 5) is 14.3. The van der Waals surface area contributed by atoms with Gasteiger partial charge in [-0.3, -0.25) is 4.79 Å². The summed E-state index contributed by atoms with van der Waals surface area (Å²) in [7, 11) is 0. The van der Waals surface area contributed by atoms with Crippen molar-refractivity contribution < 1.29 is 4.79 Å². The second kappa shape index (κ2) is 6.35. The summed E-state index contributed by atoms with van der Waals surface area (Å²) >= 11 is 0. The number of hydrogen-bond donors (Lipinski definition) is 0. The van der Waals surface area contributed by atoms with Crippen molar-refractivity contribution in [3.05, 3.63) is 60.7 Å². The number of anilines is 2. The first-order valence-corrected chi connectivity index (χ1v) is 8.06. The van der Waals surface area contributed by atoms with Crippen molar-refractivity contribution in [1.29, 1.82) is 0 Å². The molecule has 0 unspecified atom stereocenters. The molecular weight excluding hydrogens is 270 g/mol. The van der Waals surface area contributed by atoms with Gasteiger partial charge in [-0.2, -0.15) is 0 Å². The molecule has 2 heteroatoms. The lowest BCUT2D eigenvalue weighted by Crippen LogP contribution is -2.37. The van der Waals surface area contributed by atoms with E-state index in [1.165, 1.54) is 11.4 Å². The quantitative estimate of drug-likeness (QED) is 0.793. The third kappa shape index (κ3) is 3.38. The molecule has 0 aromatic heterocycles. The average Bonchev–Trinajstić information content (AvgIpc) is 2.54. The summed E-state index contributed by atoms with van der Waals surface area (Å²) in [6.07, 6.45) is 3.59. The molecule has 1 aliphatic carbocycles. The average molecular weight is 293 g/mol. The molecule has 1 atom stereocenters. The number of ketones is 1. The summed E-state index contributed by atoms with van der Waals surface area (Å²) in [5.41, 5.74) is 2.43. The predicted molar refractivity (Wildman–Crippen MR) is 91.5 cm³/mol. The normalized spacial score (nSPS) is 21.6. The SMILES string of the molecule is C[C@]1(CN(c2ccccc2)c2ccccc2)CCCC(=O)C1. The van der Waals surface area contributed by atoms with Crippen molar-refractivity contribution >= 4 is 17.2 Å². The van der Waals surface area contributed by atoms with Crippen LogP contribution in [0.2, 0.25) is 0 Å². The molecule has 3 rings (SSSR count). The first-order chi connectivity index (χ1) is 10.7. The topological polar surface area (TPSA) is 20.3 Å². The molecule has 0 spiro atoms. The van der Waals surface area contributed by atoms with Crippen LogP contribution < -0.4 is 4.90 Å². The molecular formula is C20H23NO. The van der Waals surface area contributed by atoms with Gasteiger partial charge in [0.15, 0.2) is 0 Å². The highest BCUT2D eigenvalue weighted by atomic mass is 16.1. The molecule has 0 aliphatic heterocycles. The van der Waals surface area contributed by atoms with Crippen LogP contribution in [0.1, 0.15) is 32.6 Å². The zero-order valence-electron chi connectivity index (χ0n) is 13.2. The van der Waals surface area contributed by atoms with E-state index in [0.29, 0.717) is 12.2 Å². The molecule has 0 bridgehead atoms. The van der Waals surface area contributed by atoms with Crippen LogP contribution in [0.5, 0.6) is 0 Å². The lowest BCUT2D eigenvalue weighted by molar-refractivity contribution is -0.123. The van der Waals surface area contributed by atoms with Gasteiger partial charge in [0.05, 0.1) is 0 Å². The maximum absolute atomic E-state index is 11.9. The highest BCUT2D eigenvalue weighted by Crippen LogP contribution is 2.38. The van der Waals surface area contributed by atoms with Crippen molar-refractivity contribution in [2.45, 2.75) is 32.6 Å². The van der Waals surface area contributed by atoms with E-state index in [-0.39, 0.29) is 5.41 Å². The molecule has 2 nitrogen and oxygen atoms in total. The highest BCUT2D eigenvalue weighted by molar-refractivity contribution is 5.80. The Morgan fingerprint density at radius 3 is 2.00 bits per heavy atom. The van der Waals surface area contributed by atoms with Crippen molar-refractivity contribution in [1.82, 2.24) is 0 Å². The molecule has 2 aromatic carbocycles. The second-order valence-corrected chi connectivity index (χ2v) is 6.64. The Bertz CT molecular complexity index is 583. The number of nitrogens with zero attached hydrogens (tertiary/aromatic N) is 1. The molecule has 0 heterocycles. The van der Waals surface area contributed by atoms with Crippen LogP contribution in [-0.4, -0.2) is 12.3 Å². The summed E-state index contributed by atoms with van der Waals surface area (Å²) < 4.78 is 0. The largest absolute Gasteiger partial charge is 0.341 e. The number of rotatable bonds is 4. The van der Waals surface area contributed by atoms with Gasteiger partial charge in [0, 0.05) is 30.8 Å². The number of benzene rings is 2. The molecule has 1 fully saturated rings. The molecule has 0 amide bonds. The predicted octanol–water partition coefficient (Wildman–Crippen LogP) is 4.97. The highest BCUT2D eigenvalue weighted by Gasteiger charge is 2.33. The zero-order chi connectivity index (χ0) is 15.4. The minimum Gasteiger partial charge on any atom is -0.341 e. The Hall–Kier alpha value is -2.09. The first-order valence-electron chi connectivity index (χ1n) is 8.06. The van der Waals surface area contributed by atoms with E-state index in [9.17, 15) is 4.79 Å². The summed E-state index contributed by atoms with van der Waals surface area (Å²) in [5, 5.41) is 0. The molecule has 0 saturated heterocycles. The summed E-state index contributed by atoms with van der Waals surface area (Å²) in [5.74, 6) is 0.412. The second-order valence-electron chi connectivity index (χ2n) is 6.64. The minimum absolute atomic E-state index is 0.0566. The van der Waals surface area contributed by atoms with Crippen LogP contribution in [0.25, 0.3) is 0 Å². The fraction of sp³-hybridized carbons (Fsp3) is 0.350. The third-order valence-electron chi connectivity index (χ3n) is 4.54. The Morgan fingerprint density at radius 2 is 1.50 bits per heavy atom. The van der Waals surface area contributed by atoms with Crippen LogP contribution >= 0.6 is 0 Å². The third-order valence-corrected chi connectivity index (χ3v) is 4.54. The van der Waals surface area contributed by atoms with Crippen LogP contribution in [-0.2, 0) is 4.79 Å². The van der Waals surface area contributed by atoms with Crippen LogP contribution in [0.4, 0.5) is 11.4 Å². The molecule has 0 radical (unpaired) electrons. The van der Waals surface area contributed by atoms with Gasteiger partial charge in [-0.25, -0.2) is 0 Å². The standard InChI is InChI=1S/C20H23NO/c1-20(14-8-13-19(22)15-20)16-21(17-9-4-2-5-10-17)18-11-6-3-7-12-18/h2-7,9-12H,8,13-16H2,1H3/t20-/m0/s1. The van der Waals surface area contributed by atoms with Gasteiger partial charge < -0.3 is 4.90 Å². The van der Waals surface area contributed by atoms with Crippen LogP contribution in [0, 0.1) is 5.41 Å². The van der Waals surface area contributed by atoms with Crippen molar-refractivity contribution in [2.24, 2.45) is 5.41 Å². The van der Waals surface area contributed by atoms with E-state index in [1.807, 2.05) is 12.1 Å². The molecule has 1 aliphatic rings. The molecule has 22 heavy (non-hydrogen) atoms. The Kier molecular flexibility index (Phi) is 4.28. The van der Waals surface area contributed by atoms with E-state index in [0.717, 1.165) is 25.8 Å². The molecule has 2 aromatic rings.